The van der Waals surface area contributed by atoms with Crippen molar-refractivity contribution in [1.29, 1.82) is 0 Å². The maximum atomic E-state index is 6.06. The molecule has 4 nitrogen and oxygen atoms in total. The molecule has 0 saturated heterocycles. The highest BCUT2D eigenvalue weighted by molar-refractivity contribution is 9.10. The van der Waals surface area contributed by atoms with Crippen molar-refractivity contribution < 1.29 is 0 Å². The fourth-order valence-corrected chi connectivity index (χ4v) is 2.10. The summed E-state index contributed by atoms with van der Waals surface area (Å²) in [6.07, 6.45) is 3.10. The van der Waals surface area contributed by atoms with E-state index in [9.17, 15) is 0 Å². The van der Waals surface area contributed by atoms with Gasteiger partial charge in [0.25, 0.3) is 0 Å². The van der Waals surface area contributed by atoms with Gasteiger partial charge in [0.1, 0.15) is 18.2 Å². The Hall–Kier alpha value is -1.46. The molecule has 0 aliphatic rings. The molecule has 3 aromatic rings. The van der Waals surface area contributed by atoms with Gasteiger partial charge in [-0.1, -0.05) is 27.5 Å². The van der Waals surface area contributed by atoms with Crippen molar-refractivity contribution in [3.05, 3.63) is 46.5 Å². The van der Waals surface area contributed by atoms with Crippen molar-refractivity contribution in [3.63, 3.8) is 0 Å². The molecular weight excluding hydrogens is 304 g/mol. The van der Waals surface area contributed by atoms with Crippen molar-refractivity contribution in [3.8, 4) is 5.69 Å². The van der Waals surface area contributed by atoms with Crippen LogP contribution >= 0.6 is 27.5 Å². The Morgan fingerprint density at radius 2 is 1.82 bits per heavy atom. The lowest BCUT2D eigenvalue weighted by Gasteiger charge is -2.04. The van der Waals surface area contributed by atoms with Gasteiger partial charge < -0.3 is 0 Å². The first-order valence-corrected chi connectivity index (χ1v) is 6.02. The SMILES string of the molecule is Clc1ncnc2ncn(-c3ccc(Br)cc3)c12. The van der Waals surface area contributed by atoms with Crippen molar-refractivity contribution in [2.24, 2.45) is 0 Å². The number of imidazole rings is 1. The van der Waals surface area contributed by atoms with Crippen LogP contribution in [-0.2, 0) is 0 Å². The van der Waals surface area contributed by atoms with Crippen LogP contribution in [0, 0.1) is 0 Å². The number of aromatic nitrogens is 4. The largest absolute Gasteiger partial charge is 0.295 e. The third-order valence-electron chi connectivity index (χ3n) is 2.40. The number of hydrogen-bond donors (Lipinski definition) is 0. The molecule has 0 aliphatic carbocycles. The van der Waals surface area contributed by atoms with E-state index in [0.717, 1.165) is 15.7 Å². The van der Waals surface area contributed by atoms with E-state index in [-0.39, 0.29) is 0 Å². The fraction of sp³-hybridized carbons (Fsp3) is 0. The molecule has 6 heteroatoms. The molecule has 0 spiro atoms. The fourth-order valence-electron chi connectivity index (χ4n) is 1.62. The van der Waals surface area contributed by atoms with Crippen LogP contribution in [0.4, 0.5) is 0 Å². The zero-order valence-corrected chi connectivity index (χ0v) is 10.9. The molecule has 0 atom stereocenters. The molecule has 0 bridgehead atoms. The van der Waals surface area contributed by atoms with E-state index in [0.29, 0.717) is 10.8 Å². The Bertz CT molecular complexity index is 678. The van der Waals surface area contributed by atoms with Crippen molar-refractivity contribution in [1.82, 2.24) is 19.5 Å². The lowest BCUT2D eigenvalue weighted by Crippen LogP contribution is -1.93. The minimum Gasteiger partial charge on any atom is -0.295 e. The summed E-state index contributed by atoms with van der Waals surface area (Å²) in [4.78, 5) is 12.2. The van der Waals surface area contributed by atoms with Crippen LogP contribution in [0.2, 0.25) is 5.15 Å². The summed E-state index contributed by atoms with van der Waals surface area (Å²) in [7, 11) is 0. The Morgan fingerprint density at radius 1 is 1.06 bits per heavy atom. The average molecular weight is 310 g/mol. The quantitative estimate of drug-likeness (QED) is 0.648. The monoisotopic (exact) mass is 308 g/mol. The van der Waals surface area contributed by atoms with E-state index >= 15 is 0 Å². The average Bonchev–Trinajstić information content (AvgIpc) is 2.75. The van der Waals surface area contributed by atoms with E-state index in [4.69, 9.17) is 11.6 Å². The number of halogens is 2. The number of hydrogen-bond acceptors (Lipinski definition) is 3. The van der Waals surface area contributed by atoms with Crippen LogP contribution in [-0.4, -0.2) is 19.5 Å². The van der Waals surface area contributed by atoms with Crippen LogP contribution < -0.4 is 0 Å². The normalized spacial score (nSPS) is 10.9. The van der Waals surface area contributed by atoms with E-state index in [1.807, 2.05) is 28.8 Å². The lowest BCUT2D eigenvalue weighted by atomic mass is 10.3. The molecule has 0 radical (unpaired) electrons. The third-order valence-corrected chi connectivity index (χ3v) is 3.20. The summed E-state index contributed by atoms with van der Waals surface area (Å²) >= 11 is 9.46. The second-order valence-corrected chi connectivity index (χ2v) is 4.70. The molecule has 0 N–H and O–H groups in total. The van der Waals surface area contributed by atoms with Crippen molar-refractivity contribution >= 4 is 38.7 Å². The standard InChI is InChI=1S/C11H6BrClN4/c12-7-1-3-8(4-2-7)17-6-16-11-9(17)10(13)14-5-15-11/h1-6H. The lowest BCUT2D eigenvalue weighted by molar-refractivity contribution is 1.09. The van der Waals surface area contributed by atoms with Crippen LogP contribution in [0.3, 0.4) is 0 Å². The first kappa shape index (κ1) is 10.7. The maximum absolute atomic E-state index is 6.06. The smallest absolute Gasteiger partial charge is 0.182 e. The number of benzene rings is 1. The second kappa shape index (κ2) is 4.09. The molecule has 0 aliphatic heterocycles. The highest BCUT2D eigenvalue weighted by atomic mass is 79.9. The first-order chi connectivity index (χ1) is 8.25. The van der Waals surface area contributed by atoms with Gasteiger partial charge in [0.05, 0.1) is 0 Å². The molecule has 0 saturated carbocycles. The van der Waals surface area contributed by atoms with Gasteiger partial charge in [0, 0.05) is 10.2 Å². The first-order valence-electron chi connectivity index (χ1n) is 4.85. The molecule has 0 fully saturated rings. The summed E-state index contributed by atoms with van der Waals surface area (Å²) < 4.78 is 2.89. The van der Waals surface area contributed by atoms with Crippen molar-refractivity contribution in [2.45, 2.75) is 0 Å². The summed E-state index contributed by atoms with van der Waals surface area (Å²) in [5.41, 5.74) is 2.27. The van der Waals surface area contributed by atoms with Crippen LogP contribution in [0.1, 0.15) is 0 Å². The highest BCUT2D eigenvalue weighted by Gasteiger charge is 2.09. The van der Waals surface area contributed by atoms with Crippen LogP contribution in [0.5, 0.6) is 0 Å². The Balaban J connectivity index is 2.27. The summed E-state index contributed by atoms with van der Waals surface area (Å²) in [5.74, 6) is 0. The summed E-state index contributed by atoms with van der Waals surface area (Å²) in [5, 5.41) is 0.399. The maximum Gasteiger partial charge on any atom is 0.182 e. The number of fused-ring (bicyclic) bond motifs is 1. The molecule has 1 aromatic carbocycles. The zero-order chi connectivity index (χ0) is 11.8. The zero-order valence-electron chi connectivity index (χ0n) is 8.51. The minimum absolute atomic E-state index is 0.399. The van der Waals surface area contributed by atoms with Gasteiger partial charge in [0.15, 0.2) is 10.8 Å². The second-order valence-electron chi connectivity index (χ2n) is 3.43. The van der Waals surface area contributed by atoms with E-state index in [1.54, 1.807) is 6.33 Å². The van der Waals surface area contributed by atoms with Gasteiger partial charge in [-0.2, -0.15) is 0 Å². The van der Waals surface area contributed by atoms with Gasteiger partial charge in [-0.05, 0) is 24.3 Å². The Labute approximate surface area is 110 Å². The molecule has 2 aromatic heterocycles. The van der Waals surface area contributed by atoms with Gasteiger partial charge in [-0.25, -0.2) is 15.0 Å². The van der Waals surface area contributed by atoms with Crippen molar-refractivity contribution in [2.75, 3.05) is 0 Å². The minimum atomic E-state index is 0.399. The summed E-state index contributed by atoms with van der Waals surface area (Å²) in [6.45, 7) is 0. The molecule has 17 heavy (non-hydrogen) atoms. The van der Waals surface area contributed by atoms with E-state index in [2.05, 4.69) is 30.9 Å². The number of rotatable bonds is 1. The van der Waals surface area contributed by atoms with Gasteiger partial charge in [0.2, 0.25) is 0 Å². The highest BCUT2D eigenvalue weighted by Crippen LogP contribution is 2.23. The molecule has 0 amide bonds. The molecular formula is C11H6BrClN4. The van der Waals surface area contributed by atoms with Gasteiger partial charge in [-0.15, -0.1) is 0 Å². The Morgan fingerprint density at radius 3 is 2.59 bits per heavy atom. The van der Waals surface area contributed by atoms with Gasteiger partial charge >= 0.3 is 0 Å². The van der Waals surface area contributed by atoms with Crippen LogP contribution in [0.25, 0.3) is 16.9 Å². The third kappa shape index (κ3) is 1.81. The molecule has 3 rings (SSSR count). The summed E-state index contributed by atoms with van der Waals surface area (Å²) in [6, 6.07) is 7.85. The molecule has 0 unspecified atom stereocenters. The van der Waals surface area contributed by atoms with E-state index < -0.39 is 0 Å². The van der Waals surface area contributed by atoms with Crippen LogP contribution in [0.15, 0.2) is 41.4 Å². The van der Waals surface area contributed by atoms with Gasteiger partial charge in [-0.3, -0.25) is 4.57 Å². The number of nitrogens with zero attached hydrogens (tertiary/aromatic N) is 4. The predicted octanol–water partition coefficient (Wildman–Crippen LogP) is 3.23. The topological polar surface area (TPSA) is 43.6 Å². The molecule has 84 valence electrons. The molecule has 2 heterocycles. The predicted molar refractivity (Wildman–Crippen MR) is 69.4 cm³/mol. The Kier molecular flexibility index (Phi) is 2.57. The van der Waals surface area contributed by atoms with E-state index in [1.165, 1.54) is 6.33 Å².